The van der Waals surface area contributed by atoms with Crippen molar-refractivity contribution in [3.05, 3.63) is 40.2 Å². The van der Waals surface area contributed by atoms with E-state index in [2.05, 4.69) is 5.32 Å². The Balaban J connectivity index is 1.69. The maximum Gasteiger partial charge on any atom is 0.256 e. The quantitative estimate of drug-likeness (QED) is 0.786. The Kier molecular flexibility index (Phi) is 5.46. The number of benzene rings is 1. The second-order valence-electron chi connectivity index (χ2n) is 7.62. The average molecular weight is 420 g/mol. The van der Waals surface area contributed by atoms with Gasteiger partial charge in [-0.2, -0.15) is 4.31 Å². The van der Waals surface area contributed by atoms with E-state index in [0.29, 0.717) is 31.8 Å². The van der Waals surface area contributed by atoms with Crippen LogP contribution in [-0.2, 0) is 21.8 Å². The summed E-state index contributed by atoms with van der Waals surface area (Å²) < 4.78 is 34.3. The third-order valence-electron chi connectivity index (χ3n) is 5.62. The van der Waals surface area contributed by atoms with Gasteiger partial charge in [0.15, 0.2) is 0 Å². The molecule has 29 heavy (non-hydrogen) atoms. The van der Waals surface area contributed by atoms with Gasteiger partial charge < -0.3 is 14.6 Å². The van der Waals surface area contributed by atoms with Crippen molar-refractivity contribution >= 4 is 26.8 Å². The van der Waals surface area contributed by atoms with Crippen molar-refractivity contribution in [1.82, 2.24) is 14.2 Å². The number of aryl methyl sites for hydroxylation is 1. The molecule has 0 aliphatic carbocycles. The second-order valence-corrected chi connectivity index (χ2v) is 9.56. The molecule has 0 unspecified atom stereocenters. The molecular formula is C20H25N3O5S. The number of pyridine rings is 1. The molecule has 1 aromatic heterocycles. The maximum atomic E-state index is 13.0. The van der Waals surface area contributed by atoms with Crippen LogP contribution in [0.2, 0.25) is 0 Å². The highest BCUT2D eigenvalue weighted by molar-refractivity contribution is 7.89. The highest BCUT2D eigenvalue weighted by Gasteiger charge is 2.28. The third-order valence-corrected chi connectivity index (χ3v) is 7.52. The number of carbonyl (C=O) groups excluding carboxylic acids is 1. The number of nitrogens with zero attached hydrogens (tertiary/aromatic N) is 2. The predicted octanol–water partition coefficient (Wildman–Crippen LogP) is 1.23. The number of amides is 1. The van der Waals surface area contributed by atoms with Gasteiger partial charge in [-0.25, -0.2) is 8.42 Å². The average Bonchev–Trinajstić information content (AvgIpc) is 3.42. The monoisotopic (exact) mass is 419 g/mol. The van der Waals surface area contributed by atoms with Gasteiger partial charge in [0.05, 0.1) is 16.5 Å². The number of fused-ring (bicyclic) bond motifs is 1. The van der Waals surface area contributed by atoms with Crippen molar-refractivity contribution in [1.29, 1.82) is 0 Å². The van der Waals surface area contributed by atoms with Gasteiger partial charge >= 0.3 is 0 Å². The Bertz CT molecular complexity index is 1100. The van der Waals surface area contributed by atoms with Gasteiger partial charge in [0.25, 0.3) is 5.91 Å². The fourth-order valence-electron chi connectivity index (χ4n) is 3.98. The molecule has 2 saturated heterocycles. The van der Waals surface area contributed by atoms with E-state index in [-0.39, 0.29) is 21.9 Å². The van der Waals surface area contributed by atoms with Gasteiger partial charge in [-0.15, -0.1) is 0 Å². The Labute approximate surface area is 169 Å². The van der Waals surface area contributed by atoms with Crippen LogP contribution in [0.3, 0.4) is 0 Å². The van der Waals surface area contributed by atoms with Crippen LogP contribution in [0.15, 0.2) is 34.1 Å². The first kappa shape index (κ1) is 20.1. The summed E-state index contributed by atoms with van der Waals surface area (Å²) in [4.78, 5) is 25.7. The molecular weight excluding hydrogens is 394 g/mol. The van der Waals surface area contributed by atoms with Gasteiger partial charge in [-0.1, -0.05) is 0 Å². The number of ether oxygens (including phenoxy) is 1. The first-order chi connectivity index (χ1) is 13.9. The van der Waals surface area contributed by atoms with Gasteiger partial charge in [-0.3, -0.25) is 9.59 Å². The lowest BCUT2D eigenvalue weighted by Crippen LogP contribution is -2.35. The van der Waals surface area contributed by atoms with E-state index >= 15 is 0 Å². The van der Waals surface area contributed by atoms with E-state index in [1.807, 2.05) is 0 Å². The summed E-state index contributed by atoms with van der Waals surface area (Å²) in [6.07, 6.45) is 4.98. The summed E-state index contributed by atoms with van der Waals surface area (Å²) >= 11 is 0. The lowest BCUT2D eigenvalue weighted by Gasteiger charge is -2.16. The molecule has 2 aliphatic heterocycles. The SMILES string of the molecule is Cn1cc(C(=O)NC[C@H]2CCCO2)c(=O)c2cc(S(=O)(=O)N3CCCC3)ccc21. The highest BCUT2D eigenvalue weighted by atomic mass is 32.2. The molecule has 4 rings (SSSR count). The summed E-state index contributed by atoms with van der Waals surface area (Å²) in [6, 6.07) is 4.53. The van der Waals surface area contributed by atoms with Gasteiger partial charge in [0, 0.05) is 44.9 Å². The van der Waals surface area contributed by atoms with Crippen molar-refractivity contribution in [2.24, 2.45) is 7.05 Å². The predicted molar refractivity (Wildman–Crippen MR) is 108 cm³/mol. The summed E-state index contributed by atoms with van der Waals surface area (Å²) in [5, 5.41) is 2.98. The molecule has 8 nitrogen and oxygen atoms in total. The normalized spacial score (nSPS) is 20.4. The number of rotatable bonds is 5. The van der Waals surface area contributed by atoms with E-state index in [0.717, 1.165) is 25.7 Å². The third kappa shape index (κ3) is 3.82. The van der Waals surface area contributed by atoms with Gasteiger partial charge in [0.1, 0.15) is 5.56 Å². The summed E-state index contributed by atoms with van der Waals surface area (Å²) in [6.45, 7) is 2.02. The number of nitrogens with one attached hydrogen (secondary N) is 1. The molecule has 1 amide bonds. The van der Waals surface area contributed by atoms with Crippen LogP contribution < -0.4 is 10.7 Å². The molecule has 0 bridgehead atoms. The lowest BCUT2D eigenvalue weighted by molar-refractivity contribution is 0.0856. The van der Waals surface area contributed by atoms with Crippen LogP contribution in [-0.4, -0.2) is 55.5 Å². The Hall–Kier alpha value is -2.23. The number of hydrogen-bond donors (Lipinski definition) is 1. The zero-order valence-electron chi connectivity index (χ0n) is 16.4. The standard InChI is InChI=1S/C20H25N3O5S/c1-22-13-17(20(25)21-12-14-5-4-10-28-14)19(24)16-11-15(6-7-18(16)22)29(26,27)23-8-2-3-9-23/h6-7,11,13-14H,2-5,8-10,12H2,1H3,(H,21,25)/t14-/m1/s1. The number of hydrogen-bond acceptors (Lipinski definition) is 5. The zero-order valence-corrected chi connectivity index (χ0v) is 17.2. The molecule has 2 fully saturated rings. The number of aromatic nitrogens is 1. The van der Waals surface area contributed by atoms with Crippen LogP contribution >= 0.6 is 0 Å². The molecule has 0 saturated carbocycles. The van der Waals surface area contributed by atoms with E-state index in [1.54, 1.807) is 17.7 Å². The minimum atomic E-state index is -3.65. The number of sulfonamides is 1. The fourth-order valence-corrected chi connectivity index (χ4v) is 5.52. The van der Waals surface area contributed by atoms with E-state index in [4.69, 9.17) is 4.74 Å². The summed E-state index contributed by atoms with van der Waals surface area (Å²) in [5.41, 5.74) is 0.0983. The Morgan fingerprint density at radius 1 is 1.24 bits per heavy atom. The lowest BCUT2D eigenvalue weighted by atomic mass is 10.1. The molecule has 156 valence electrons. The molecule has 2 aromatic rings. The smallest absolute Gasteiger partial charge is 0.256 e. The molecule has 0 radical (unpaired) electrons. The molecule has 1 N–H and O–H groups in total. The van der Waals surface area contributed by atoms with E-state index < -0.39 is 21.4 Å². The van der Waals surface area contributed by atoms with Crippen LogP contribution in [0.4, 0.5) is 0 Å². The first-order valence-electron chi connectivity index (χ1n) is 9.91. The summed E-state index contributed by atoms with van der Waals surface area (Å²) in [5.74, 6) is -0.476. The zero-order chi connectivity index (χ0) is 20.6. The van der Waals surface area contributed by atoms with Gasteiger partial charge in [-0.05, 0) is 43.9 Å². The molecule has 0 spiro atoms. The van der Waals surface area contributed by atoms with Crippen molar-refractivity contribution in [3.8, 4) is 0 Å². The highest BCUT2D eigenvalue weighted by Crippen LogP contribution is 2.23. The minimum absolute atomic E-state index is 0.00582. The maximum absolute atomic E-state index is 13.0. The molecule has 2 aliphatic rings. The van der Waals surface area contributed by atoms with Crippen molar-refractivity contribution in [2.75, 3.05) is 26.2 Å². The second kappa shape index (κ2) is 7.89. The van der Waals surface area contributed by atoms with Gasteiger partial charge in [0.2, 0.25) is 15.5 Å². The molecule has 9 heteroatoms. The summed E-state index contributed by atoms with van der Waals surface area (Å²) in [7, 11) is -1.92. The number of carbonyl (C=O) groups is 1. The Morgan fingerprint density at radius 3 is 2.69 bits per heavy atom. The van der Waals surface area contributed by atoms with Crippen LogP contribution in [0.1, 0.15) is 36.0 Å². The van der Waals surface area contributed by atoms with Crippen LogP contribution in [0, 0.1) is 0 Å². The Morgan fingerprint density at radius 2 is 2.00 bits per heavy atom. The van der Waals surface area contributed by atoms with E-state index in [9.17, 15) is 18.0 Å². The minimum Gasteiger partial charge on any atom is -0.376 e. The molecule has 3 heterocycles. The van der Waals surface area contributed by atoms with E-state index in [1.165, 1.54) is 22.6 Å². The van der Waals surface area contributed by atoms with Crippen molar-refractivity contribution in [2.45, 2.75) is 36.7 Å². The van der Waals surface area contributed by atoms with Crippen LogP contribution in [0.25, 0.3) is 10.9 Å². The largest absolute Gasteiger partial charge is 0.376 e. The molecule has 1 aromatic carbocycles. The van der Waals surface area contributed by atoms with Crippen molar-refractivity contribution < 1.29 is 17.9 Å². The van der Waals surface area contributed by atoms with Crippen molar-refractivity contribution in [3.63, 3.8) is 0 Å². The van der Waals surface area contributed by atoms with Crippen LogP contribution in [0.5, 0.6) is 0 Å². The fraction of sp³-hybridized carbons (Fsp3) is 0.500. The first-order valence-corrected chi connectivity index (χ1v) is 11.4. The molecule has 1 atom stereocenters. The topological polar surface area (TPSA) is 97.7 Å².